The van der Waals surface area contributed by atoms with Crippen molar-refractivity contribution in [1.29, 1.82) is 0 Å². The monoisotopic (exact) mass is 203 g/mol. The minimum absolute atomic E-state index is 0. The number of carbonyl (C=O) groups excluding carboxylic acids is 2. The third-order valence-electron chi connectivity index (χ3n) is 1.05. The van der Waals surface area contributed by atoms with Crippen molar-refractivity contribution in [1.82, 2.24) is 0 Å². The summed E-state index contributed by atoms with van der Waals surface area (Å²) in [6.45, 7) is -0.330. The van der Waals surface area contributed by atoms with Gasteiger partial charge in [0.1, 0.15) is 0 Å². The van der Waals surface area contributed by atoms with Crippen LogP contribution in [0.4, 0.5) is 0 Å². The Morgan fingerprint density at radius 3 is 3.00 bits per heavy atom. The lowest BCUT2D eigenvalue weighted by Crippen LogP contribution is -2.03. The first-order valence-corrected chi connectivity index (χ1v) is 3.09. The van der Waals surface area contributed by atoms with Gasteiger partial charge in [-0.15, -0.1) is 12.4 Å². The number of rotatable bonds is 3. The molecule has 1 aromatic heterocycles. The van der Waals surface area contributed by atoms with Crippen LogP contribution in [0.5, 0.6) is 0 Å². The molecule has 0 spiro atoms. The Labute approximate surface area is 79.8 Å². The summed E-state index contributed by atoms with van der Waals surface area (Å²) >= 11 is 0. The highest BCUT2D eigenvalue weighted by molar-refractivity contribution is 5.86. The zero-order chi connectivity index (χ0) is 8.81. The maximum absolute atomic E-state index is 10.9. The molecule has 0 bridgehead atoms. The van der Waals surface area contributed by atoms with E-state index >= 15 is 0 Å². The van der Waals surface area contributed by atoms with E-state index < -0.39 is 5.97 Å². The van der Waals surface area contributed by atoms with Crippen molar-refractivity contribution in [3.63, 3.8) is 0 Å². The number of esters is 1. The van der Waals surface area contributed by atoms with Crippen LogP contribution >= 0.6 is 12.4 Å². The van der Waals surface area contributed by atoms with Crippen LogP contribution in [-0.2, 0) is 9.53 Å². The molecule has 0 saturated heterocycles. The minimum Gasteiger partial charge on any atom is -0.457 e. The van der Waals surface area contributed by atoms with Crippen LogP contribution in [0, 0.1) is 0 Å². The Kier molecular flexibility index (Phi) is 5.27. The van der Waals surface area contributed by atoms with Crippen LogP contribution < -0.4 is 0 Å². The van der Waals surface area contributed by atoms with E-state index in [2.05, 4.69) is 9.73 Å². The lowest BCUT2D eigenvalue weighted by molar-refractivity contribution is 0.0481. The fraction of sp³-hybridized carbons (Fsp3) is 0.143. The third-order valence-corrected chi connectivity index (χ3v) is 1.05. The Morgan fingerprint density at radius 2 is 2.46 bits per heavy atom. The molecular weight excluding hydrogens is 198 g/mol. The highest BCUT2D eigenvalue weighted by Crippen LogP contribution is 2.01. The fourth-order valence-electron chi connectivity index (χ4n) is 0.583. The highest BCUT2D eigenvalue weighted by atomic mass is 35.5. The smallest absolute Gasteiger partial charge is 0.376 e. The molecule has 1 heterocycles. The molecule has 0 aliphatic heterocycles. The maximum Gasteiger partial charge on any atom is 0.376 e. The summed E-state index contributed by atoms with van der Waals surface area (Å²) in [6, 6.07) is 3.01. The number of ether oxygens (including phenoxy) is 1. The molecule has 0 aromatic carbocycles. The van der Waals surface area contributed by atoms with E-state index in [9.17, 15) is 9.59 Å². The Bertz CT molecular complexity index is 302. The van der Waals surface area contributed by atoms with E-state index in [4.69, 9.17) is 4.42 Å². The first-order valence-electron chi connectivity index (χ1n) is 3.09. The summed E-state index contributed by atoms with van der Waals surface area (Å²) in [5, 5.41) is 0. The number of carbonyl (C=O) groups is 1. The average Bonchev–Trinajstić information content (AvgIpc) is 2.56. The normalized spacial score (nSPS) is 8.00. The van der Waals surface area contributed by atoms with Crippen LogP contribution in [-0.4, -0.2) is 18.8 Å². The summed E-state index contributed by atoms with van der Waals surface area (Å²) in [7, 11) is 0. The number of furan rings is 1. The molecule has 6 heteroatoms. The summed E-state index contributed by atoms with van der Waals surface area (Å²) in [5.41, 5.74) is 0. The van der Waals surface area contributed by atoms with Crippen LogP contribution in [0.25, 0.3) is 0 Å². The van der Waals surface area contributed by atoms with Crippen LogP contribution in [0.1, 0.15) is 10.6 Å². The number of hydrogen-bond acceptors (Lipinski definition) is 5. The minimum atomic E-state index is -0.654. The molecule has 0 N–H and O–H groups in total. The molecule has 70 valence electrons. The number of aliphatic imine (C=N–C) groups is 1. The van der Waals surface area contributed by atoms with Crippen molar-refractivity contribution < 1.29 is 18.7 Å². The van der Waals surface area contributed by atoms with Gasteiger partial charge in [0.15, 0.2) is 6.73 Å². The molecule has 1 aromatic rings. The second kappa shape index (κ2) is 5.99. The largest absolute Gasteiger partial charge is 0.457 e. The Balaban J connectivity index is 0.00000144. The molecule has 0 aliphatic rings. The number of isocyanates is 1. The van der Waals surface area contributed by atoms with Gasteiger partial charge in [0.25, 0.3) is 0 Å². The molecule has 0 radical (unpaired) electrons. The Morgan fingerprint density at radius 1 is 1.69 bits per heavy atom. The standard InChI is InChI=1S/C7H5NO4.ClH/c9-4-8-5-12-7(10)6-2-1-3-11-6;/h1-3H,5H2;1H. The quantitative estimate of drug-likeness (QED) is 0.420. The molecule has 0 amide bonds. The number of halogens is 1. The number of hydrogen-bond donors (Lipinski definition) is 0. The van der Waals surface area contributed by atoms with Crippen molar-refractivity contribution >= 4 is 24.5 Å². The van der Waals surface area contributed by atoms with Crippen LogP contribution in [0.15, 0.2) is 27.8 Å². The van der Waals surface area contributed by atoms with E-state index in [0.29, 0.717) is 0 Å². The third kappa shape index (κ3) is 3.55. The molecule has 1 rings (SSSR count). The highest BCUT2D eigenvalue weighted by Gasteiger charge is 2.08. The van der Waals surface area contributed by atoms with Gasteiger partial charge in [-0.2, -0.15) is 4.99 Å². The molecule has 0 saturated carbocycles. The lowest BCUT2D eigenvalue weighted by atomic mass is 10.5. The van der Waals surface area contributed by atoms with Gasteiger partial charge in [0.05, 0.1) is 6.26 Å². The van der Waals surface area contributed by atoms with E-state index in [1.807, 2.05) is 0 Å². The molecule has 0 aliphatic carbocycles. The number of nitrogens with zero attached hydrogens (tertiary/aromatic N) is 1. The molecule has 5 nitrogen and oxygen atoms in total. The van der Waals surface area contributed by atoms with Gasteiger partial charge in [-0.25, -0.2) is 9.59 Å². The van der Waals surface area contributed by atoms with Gasteiger partial charge in [0.2, 0.25) is 11.8 Å². The van der Waals surface area contributed by atoms with Crippen LogP contribution in [0.2, 0.25) is 0 Å². The van der Waals surface area contributed by atoms with Gasteiger partial charge in [-0.3, -0.25) is 0 Å². The van der Waals surface area contributed by atoms with Gasteiger partial charge in [-0.05, 0) is 12.1 Å². The van der Waals surface area contributed by atoms with Crippen molar-refractivity contribution in [3.8, 4) is 0 Å². The zero-order valence-electron chi connectivity index (χ0n) is 6.43. The summed E-state index contributed by atoms with van der Waals surface area (Å²) in [6.07, 6.45) is 2.58. The summed E-state index contributed by atoms with van der Waals surface area (Å²) in [5.74, 6) is -0.574. The zero-order valence-corrected chi connectivity index (χ0v) is 7.24. The average molecular weight is 204 g/mol. The van der Waals surface area contributed by atoms with E-state index in [1.54, 1.807) is 6.07 Å². The molecule has 13 heavy (non-hydrogen) atoms. The molecule has 0 unspecified atom stereocenters. The lowest BCUT2D eigenvalue weighted by Gasteiger charge is -1.94. The second-order valence-corrected chi connectivity index (χ2v) is 1.79. The second-order valence-electron chi connectivity index (χ2n) is 1.79. The van der Waals surface area contributed by atoms with Crippen LogP contribution in [0.3, 0.4) is 0 Å². The van der Waals surface area contributed by atoms with Gasteiger partial charge in [-0.1, -0.05) is 0 Å². The van der Waals surface area contributed by atoms with Crippen molar-refractivity contribution in [2.24, 2.45) is 4.99 Å². The first-order chi connectivity index (χ1) is 5.84. The summed E-state index contributed by atoms with van der Waals surface area (Å²) in [4.78, 5) is 23.5. The van der Waals surface area contributed by atoms with Crippen molar-refractivity contribution in [3.05, 3.63) is 24.2 Å². The first kappa shape index (κ1) is 11.4. The van der Waals surface area contributed by atoms with Gasteiger partial charge < -0.3 is 9.15 Å². The fourth-order valence-corrected chi connectivity index (χ4v) is 0.583. The molecule has 0 fully saturated rings. The van der Waals surface area contributed by atoms with E-state index in [1.165, 1.54) is 18.4 Å². The van der Waals surface area contributed by atoms with Gasteiger partial charge in [0, 0.05) is 0 Å². The molecular formula is C7H6ClNO4. The maximum atomic E-state index is 10.9. The van der Waals surface area contributed by atoms with E-state index in [-0.39, 0.29) is 24.9 Å². The van der Waals surface area contributed by atoms with Gasteiger partial charge >= 0.3 is 5.97 Å². The predicted molar refractivity (Wildman–Crippen MR) is 44.4 cm³/mol. The van der Waals surface area contributed by atoms with Crippen molar-refractivity contribution in [2.75, 3.05) is 6.73 Å². The van der Waals surface area contributed by atoms with Crippen molar-refractivity contribution in [2.45, 2.75) is 0 Å². The Hall–Kier alpha value is -1.58. The summed E-state index contributed by atoms with van der Waals surface area (Å²) < 4.78 is 9.18. The topological polar surface area (TPSA) is 68.9 Å². The SMILES string of the molecule is Cl.O=C=NCOC(=O)c1ccco1. The van der Waals surface area contributed by atoms with E-state index in [0.717, 1.165) is 0 Å². The molecule has 0 atom stereocenters. The predicted octanol–water partition coefficient (Wildman–Crippen LogP) is 1.15.